The van der Waals surface area contributed by atoms with Gasteiger partial charge in [0, 0.05) is 12.2 Å². The van der Waals surface area contributed by atoms with Gasteiger partial charge in [0.05, 0.1) is 6.04 Å². The highest BCUT2D eigenvalue weighted by Crippen LogP contribution is 2.07. The highest BCUT2D eigenvalue weighted by molar-refractivity contribution is 7.80. The molecule has 0 bridgehead atoms. The van der Waals surface area contributed by atoms with E-state index in [1.807, 2.05) is 12.2 Å². The van der Waals surface area contributed by atoms with E-state index in [1.165, 1.54) is 0 Å². The third kappa shape index (κ3) is 11.9. The van der Waals surface area contributed by atoms with Gasteiger partial charge in [0.25, 0.3) is 0 Å². The van der Waals surface area contributed by atoms with E-state index in [9.17, 15) is 9.59 Å². The van der Waals surface area contributed by atoms with Crippen molar-refractivity contribution in [2.24, 2.45) is 0 Å². The standard InChI is InChI=1S/C14H25NO4S/c1-14(2,3)19-13(18)15-11(10-20)8-6-4-5-7-9-12(16)17/h6,8,11,20H,4-5,7,9-10H2,1-3H3,(H,15,18)(H,16,17)/b8-6-/t11-/m1/s1. The maximum Gasteiger partial charge on any atom is 0.408 e. The van der Waals surface area contributed by atoms with Crippen LogP contribution < -0.4 is 5.32 Å². The number of carbonyl (C=O) groups is 2. The molecule has 0 spiro atoms. The van der Waals surface area contributed by atoms with Crippen LogP contribution >= 0.6 is 12.6 Å². The first kappa shape index (κ1) is 18.8. The molecular weight excluding hydrogens is 278 g/mol. The van der Waals surface area contributed by atoms with Gasteiger partial charge in [-0.05, 0) is 40.0 Å². The van der Waals surface area contributed by atoms with E-state index in [4.69, 9.17) is 9.84 Å². The molecule has 0 saturated heterocycles. The largest absolute Gasteiger partial charge is 0.481 e. The minimum atomic E-state index is -0.770. The molecule has 116 valence electrons. The molecule has 0 unspecified atom stereocenters. The summed E-state index contributed by atoms with van der Waals surface area (Å²) in [6, 6.07) is -0.187. The number of amides is 1. The number of carbonyl (C=O) groups excluding carboxylic acids is 1. The van der Waals surface area contributed by atoms with E-state index in [1.54, 1.807) is 20.8 Å². The molecule has 0 radical (unpaired) electrons. The van der Waals surface area contributed by atoms with Gasteiger partial charge in [-0.2, -0.15) is 12.6 Å². The average molecular weight is 303 g/mol. The summed E-state index contributed by atoms with van der Waals surface area (Å²) in [5.74, 6) is -0.293. The van der Waals surface area contributed by atoms with Gasteiger partial charge in [0.2, 0.25) is 0 Å². The molecule has 0 fully saturated rings. The predicted molar refractivity (Wildman–Crippen MR) is 82.3 cm³/mol. The van der Waals surface area contributed by atoms with Crippen molar-refractivity contribution in [1.82, 2.24) is 5.32 Å². The van der Waals surface area contributed by atoms with Gasteiger partial charge >= 0.3 is 12.1 Å². The van der Waals surface area contributed by atoms with E-state index in [0.29, 0.717) is 12.2 Å². The second-order valence-electron chi connectivity index (χ2n) is 5.50. The van der Waals surface area contributed by atoms with Gasteiger partial charge in [-0.15, -0.1) is 0 Å². The number of aliphatic carboxylic acids is 1. The minimum Gasteiger partial charge on any atom is -0.481 e. The molecule has 2 N–H and O–H groups in total. The Morgan fingerprint density at radius 2 is 2.00 bits per heavy atom. The number of allylic oxidation sites excluding steroid dienone is 1. The SMILES string of the molecule is CC(C)(C)OC(=O)N[C@H](/C=C\CCCCC(=O)O)CS. The summed E-state index contributed by atoms with van der Waals surface area (Å²) in [5, 5.41) is 11.2. The monoisotopic (exact) mass is 303 g/mol. The van der Waals surface area contributed by atoms with Crippen LogP contribution in [0.25, 0.3) is 0 Å². The molecule has 0 aliphatic rings. The molecule has 0 aromatic heterocycles. The highest BCUT2D eigenvalue weighted by Gasteiger charge is 2.17. The maximum atomic E-state index is 11.6. The van der Waals surface area contributed by atoms with E-state index in [0.717, 1.165) is 12.8 Å². The number of ether oxygens (including phenoxy) is 1. The molecule has 1 atom stereocenters. The summed E-state index contributed by atoms with van der Waals surface area (Å²) in [7, 11) is 0. The zero-order valence-corrected chi connectivity index (χ0v) is 13.3. The van der Waals surface area contributed by atoms with Gasteiger partial charge < -0.3 is 15.2 Å². The number of thiol groups is 1. The first-order valence-electron chi connectivity index (χ1n) is 6.73. The van der Waals surface area contributed by atoms with E-state index >= 15 is 0 Å². The molecule has 0 saturated carbocycles. The predicted octanol–water partition coefficient (Wildman–Crippen LogP) is 3.01. The summed E-state index contributed by atoms with van der Waals surface area (Å²) in [4.78, 5) is 21.9. The molecular formula is C14H25NO4S. The third-order valence-electron chi connectivity index (χ3n) is 2.28. The van der Waals surface area contributed by atoms with Gasteiger partial charge in [0.15, 0.2) is 0 Å². The lowest BCUT2D eigenvalue weighted by atomic mass is 10.1. The number of hydrogen-bond acceptors (Lipinski definition) is 4. The summed E-state index contributed by atoms with van der Waals surface area (Å²) in [6.45, 7) is 5.42. The summed E-state index contributed by atoms with van der Waals surface area (Å²) in [5.41, 5.74) is -0.522. The lowest BCUT2D eigenvalue weighted by Crippen LogP contribution is -2.39. The van der Waals surface area contributed by atoms with Crippen molar-refractivity contribution < 1.29 is 19.4 Å². The summed E-state index contributed by atoms with van der Waals surface area (Å²) in [6.07, 6.45) is 5.77. The van der Waals surface area contributed by atoms with E-state index < -0.39 is 17.7 Å². The number of unbranched alkanes of at least 4 members (excludes halogenated alkanes) is 2. The molecule has 0 aromatic carbocycles. The molecule has 0 aliphatic heterocycles. The van der Waals surface area contributed by atoms with Crippen molar-refractivity contribution in [3.63, 3.8) is 0 Å². The van der Waals surface area contributed by atoms with Crippen LogP contribution in [0.3, 0.4) is 0 Å². The Labute approximate surface area is 126 Å². The molecule has 0 aromatic rings. The van der Waals surface area contributed by atoms with Crippen LogP contribution in [-0.4, -0.2) is 34.6 Å². The van der Waals surface area contributed by atoms with Gasteiger partial charge in [-0.25, -0.2) is 4.79 Å². The molecule has 20 heavy (non-hydrogen) atoms. The van der Waals surface area contributed by atoms with Crippen LogP contribution in [0.1, 0.15) is 46.5 Å². The van der Waals surface area contributed by atoms with Crippen LogP contribution in [0.2, 0.25) is 0 Å². The number of carboxylic acids is 1. The number of nitrogens with one attached hydrogen (secondary N) is 1. The second kappa shape index (κ2) is 9.69. The molecule has 0 rings (SSSR count). The number of carboxylic acid groups (broad SMARTS) is 1. The molecule has 6 heteroatoms. The average Bonchev–Trinajstić information content (AvgIpc) is 2.29. The van der Waals surface area contributed by atoms with Crippen molar-refractivity contribution in [3.05, 3.63) is 12.2 Å². The smallest absolute Gasteiger partial charge is 0.408 e. The number of rotatable bonds is 8. The third-order valence-corrected chi connectivity index (χ3v) is 2.67. The van der Waals surface area contributed by atoms with Crippen molar-refractivity contribution in [3.8, 4) is 0 Å². The minimum absolute atomic E-state index is 0.187. The fourth-order valence-electron chi connectivity index (χ4n) is 1.41. The van der Waals surface area contributed by atoms with Crippen LogP contribution in [0, 0.1) is 0 Å². The molecule has 5 nitrogen and oxygen atoms in total. The highest BCUT2D eigenvalue weighted by atomic mass is 32.1. The lowest BCUT2D eigenvalue weighted by Gasteiger charge is -2.21. The zero-order valence-electron chi connectivity index (χ0n) is 12.4. The van der Waals surface area contributed by atoms with Gasteiger partial charge in [0.1, 0.15) is 5.60 Å². The Bertz CT molecular complexity index is 337. The maximum absolute atomic E-state index is 11.6. The van der Waals surface area contributed by atoms with Crippen LogP contribution in [-0.2, 0) is 9.53 Å². The Kier molecular flexibility index (Phi) is 9.12. The number of hydrogen-bond donors (Lipinski definition) is 3. The quantitative estimate of drug-likeness (QED) is 0.366. The van der Waals surface area contributed by atoms with E-state index in [2.05, 4.69) is 17.9 Å². The first-order chi connectivity index (χ1) is 9.24. The Morgan fingerprint density at radius 1 is 1.35 bits per heavy atom. The summed E-state index contributed by atoms with van der Waals surface area (Å²) < 4.78 is 5.16. The topological polar surface area (TPSA) is 75.6 Å². The summed E-state index contributed by atoms with van der Waals surface area (Å²) >= 11 is 4.17. The molecule has 0 aliphatic carbocycles. The van der Waals surface area contributed by atoms with Crippen molar-refractivity contribution in [2.45, 2.75) is 58.1 Å². The van der Waals surface area contributed by atoms with Crippen LogP contribution in [0.15, 0.2) is 12.2 Å². The van der Waals surface area contributed by atoms with Gasteiger partial charge in [-0.3, -0.25) is 4.79 Å². The fourth-order valence-corrected chi connectivity index (χ4v) is 1.63. The fraction of sp³-hybridized carbons (Fsp3) is 0.714. The van der Waals surface area contributed by atoms with E-state index in [-0.39, 0.29) is 12.5 Å². The zero-order chi connectivity index (χ0) is 15.6. The van der Waals surface area contributed by atoms with Gasteiger partial charge in [-0.1, -0.05) is 12.2 Å². The van der Waals surface area contributed by atoms with Crippen molar-refractivity contribution in [2.75, 3.05) is 5.75 Å². The van der Waals surface area contributed by atoms with Crippen molar-refractivity contribution >= 4 is 24.7 Å². The number of alkyl carbamates (subject to hydrolysis) is 1. The second-order valence-corrected chi connectivity index (χ2v) is 5.87. The Morgan fingerprint density at radius 3 is 2.50 bits per heavy atom. The van der Waals surface area contributed by atoms with Crippen LogP contribution in [0.4, 0.5) is 4.79 Å². The molecule has 1 amide bonds. The normalized spacial score (nSPS) is 13.2. The van der Waals surface area contributed by atoms with Crippen LogP contribution in [0.5, 0.6) is 0 Å². The lowest BCUT2D eigenvalue weighted by molar-refractivity contribution is -0.137. The molecule has 0 heterocycles. The Hall–Kier alpha value is -1.17. The first-order valence-corrected chi connectivity index (χ1v) is 7.36. The van der Waals surface area contributed by atoms with Crippen molar-refractivity contribution in [1.29, 1.82) is 0 Å². The Balaban J connectivity index is 3.96.